The molecule has 5 heteroatoms. The van der Waals surface area contributed by atoms with Gasteiger partial charge >= 0.3 is 11.9 Å². The molecule has 0 amide bonds. The van der Waals surface area contributed by atoms with Crippen LogP contribution < -0.4 is 0 Å². The molecule has 0 aliphatic carbocycles. The molecule has 0 radical (unpaired) electrons. The first-order valence-corrected chi connectivity index (χ1v) is 4.40. The fourth-order valence-electron chi connectivity index (χ4n) is 1.07. The third-order valence-electron chi connectivity index (χ3n) is 1.81. The number of carbonyl (C=O) groups is 2. The maximum atomic E-state index is 11.4. The molecular formula is C11H10O5. The minimum atomic E-state index is -1.45. The maximum Gasteiger partial charge on any atom is 0.341 e. The van der Waals surface area contributed by atoms with Gasteiger partial charge in [-0.2, -0.15) is 0 Å². The molecule has 0 heterocycles. The second-order valence-electron chi connectivity index (χ2n) is 2.88. The van der Waals surface area contributed by atoms with Crippen LogP contribution in [0.3, 0.4) is 0 Å². The number of carbonyl (C=O) groups excluding carboxylic acids is 1. The molecule has 1 atom stereocenters. The average Bonchev–Trinajstić information content (AvgIpc) is 2.28. The quantitative estimate of drug-likeness (QED) is 0.452. The minimum Gasteiger partial charge on any atom is -0.478 e. The highest BCUT2D eigenvalue weighted by Crippen LogP contribution is 2.11. The summed E-state index contributed by atoms with van der Waals surface area (Å²) in [4.78, 5) is 22.2. The van der Waals surface area contributed by atoms with Gasteiger partial charge in [0.15, 0.2) is 0 Å². The lowest BCUT2D eigenvalue weighted by Gasteiger charge is -2.09. The van der Waals surface area contributed by atoms with Gasteiger partial charge in [-0.05, 0) is 18.2 Å². The van der Waals surface area contributed by atoms with E-state index < -0.39 is 18.2 Å². The molecule has 0 saturated carbocycles. The molecule has 84 valence electrons. The molecule has 0 saturated heterocycles. The number of aliphatic hydroxyl groups is 1. The molecule has 0 aliphatic rings. The van der Waals surface area contributed by atoms with E-state index in [1.54, 1.807) is 0 Å². The van der Waals surface area contributed by atoms with Crippen molar-refractivity contribution in [2.75, 3.05) is 0 Å². The van der Waals surface area contributed by atoms with Crippen molar-refractivity contribution in [3.63, 3.8) is 0 Å². The van der Waals surface area contributed by atoms with E-state index in [2.05, 4.69) is 11.3 Å². The van der Waals surface area contributed by atoms with Gasteiger partial charge in [-0.3, -0.25) is 0 Å². The lowest BCUT2D eigenvalue weighted by molar-refractivity contribution is -0.0352. The van der Waals surface area contributed by atoms with Gasteiger partial charge in [0.25, 0.3) is 0 Å². The van der Waals surface area contributed by atoms with Crippen LogP contribution in [-0.4, -0.2) is 28.4 Å². The van der Waals surface area contributed by atoms with E-state index in [0.717, 1.165) is 6.08 Å². The van der Waals surface area contributed by atoms with Crippen LogP contribution in [0.25, 0.3) is 0 Å². The number of ether oxygens (including phenoxy) is 1. The van der Waals surface area contributed by atoms with E-state index in [1.165, 1.54) is 24.3 Å². The van der Waals surface area contributed by atoms with Crippen molar-refractivity contribution in [1.82, 2.24) is 0 Å². The largest absolute Gasteiger partial charge is 0.478 e. The van der Waals surface area contributed by atoms with Crippen molar-refractivity contribution in [1.29, 1.82) is 0 Å². The molecule has 1 unspecified atom stereocenters. The first kappa shape index (κ1) is 11.9. The number of hydrogen-bond acceptors (Lipinski definition) is 4. The summed E-state index contributed by atoms with van der Waals surface area (Å²) >= 11 is 0. The van der Waals surface area contributed by atoms with Gasteiger partial charge in [0.1, 0.15) is 0 Å². The molecule has 1 aromatic carbocycles. The van der Waals surface area contributed by atoms with Crippen molar-refractivity contribution in [2.45, 2.75) is 6.29 Å². The summed E-state index contributed by atoms with van der Waals surface area (Å²) in [6, 6.07) is 5.58. The summed E-state index contributed by atoms with van der Waals surface area (Å²) in [5, 5.41) is 17.8. The number of carboxylic acids is 1. The SMILES string of the molecule is C=CC(O)OC(=O)c1ccccc1C(=O)O. The third kappa shape index (κ3) is 2.68. The van der Waals surface area contributed by atoms with Crippen LogP contribution in [0.15, 0.2) is 36.9 Å². The summed E-state index contributed by atoms with van der Waals surface area (Å²) < 4.78 is 4.51. The molecule has 5 nitrogen and oxygen atoms in total. The molecule has 1 aromatic rings. The van der Waals surface area contributed by atoms with E-state index in [0.29, 0.717) is 0 Å². The Kier molecular flexibility index (Phi) is 3.79. The number of esters is 1. The highest BCUT2D eigenvalue weighted by atomic mass is 16.6. The van der Waals surface area contributed by atoms with Gasteiger partial charge in [0.2, 0.25) is 6.29 Å². The van der Waals surface area contributed by atoms with Gasteiger partial charge in [0.05, 0.1) is 11.1 Å². The summed E-state index contributed by atoms with van der Waals surface area (Å²) in [5.41, 5.74) is -0.292. The van der Waals surface area contributed by atoms with Crippen LogP contribution in [0.2, 0.25) is 0 Å². The Bertz CT molecular complexity index is 424. The smallest absolute Gasteiger partial charge is 0.341 e. The second-order valence-corrected chi connectivity index (χ2v) is 2.88. The van der Waals surface area contributed by atoms with Gasteiger partial charge in [-0.25, -0.2) is 9.59 Å². The van der Waals surface area contributed by atoms with Crippen molar-refractivity contribution in [2.24, 2.45) is 0 Å². The highest BCUT2D eigenvalue weighted by Gasteiger charge is 2.18. The zero-order valence-electron chi connectivity index (χ0n) is 8.29. The van der Waals surface area contributed by atoms with Crippen LogP contribution in [-0.2, 0) is 4.74 Å². The Labute approximate surface area is 91.6 Å². The fraction of sp³-hybridized carbons (Fsp3) is 0.0909. The number of carboxylic acid groups (broad SMARTS) is 1. The van der Waals surface area contributed by atoms with Gasteiger partial charge in [-0.1, -0.05) is 18.7 Å². The first-order chi connectivity index (χ1) is 7.56. The Hall–Kier alpha value is -2.14. The molecule has 0 fully saturated rings. The van der Waals surface area contributed by atoms with Crippen molar-refractivity contribution >= 4 is 11.9 Å². The summed E-state index contributed by atoms with van der Waals surface area (Å²) in [7, 11) is 0. The zero-order valence-corrected chi connectivity index (χ0v) is 8.29. The van der Waals surface area contributed by atoms with E-state index in [1.807, 2.05) is 0 Å². The van der Waals surface area contributed by atoms with Crippen molar-refractivity contribution in [3.05, 3.63) is 48.0 Å². The van der Waals surface area contributed by atoms with E-state index >= 15 is 0 Å². The number of aliphatic hydroxyl groups excluding tert-OH is 1. The molecule has 1 rings (SSSR count). The van der Waals surface area contributed by atoms with Crippen LogP contribution >= 0.6 is 0 Å². The standard InChI is InChI=1S/C11H10O5/c1-2-9(12)16-11(15)8-6-4-3-5-7(8)10(13)14/h2-6,9,12H,1H2,(H,13,14). The predicted octanol–water partition coefficient (Wildman–Crippen LogP) is 1.05. The van der Waals surface area contributed by atoms with Crippen LogP contribution in [0.4, 0.5) is 0 Å². The lowest BCUT2D eigenvalue weighted by Crippen LogP contribution is -2.17. The monoisotopic (exact) mass is 222 g/mol. The topological polar surface area (TPSA) is 83.8 Å². The number of aromatic carboxylic acids is 1. The molecule has 0 spiro atoms. The van der Waals surface area contributed by atoms with Gasteiger partial charge in [0, 0.05) is 0 Å². The van der Waals surface area contributed by atoms with E-state index in [4.69, 9.17) is 10.2 Å². The highest BCUT2D eigenvalue weighted by molar-refractivity contribution is 6.02. The molecule has 0 aliphatic heterocycles. The van der Waals surface area contributed by atoms with Gasteiger partial charge in [-0.15, -0.1) is 0 Å². The molecule has 0 bridgehead atoms. The van der Waals surface area contributed by atoms with Crippen molar-refractivity contribution in [3.8, 4) is 0 Å². The first-order valence-electron chi connectivity index (χ1n) is 4.40. The van der Waals surface area contributed by atoms with E-state index in [-0.39, 0.29) is 11.1 Å². The van der Waals surface area contributed by atoms with Crippen LogP contribution in [0, 0.1) is 0 Å². The Morgan fingerprint density at radius 2 is 1.88 bits per heavy atom. The lowest BCUT2D eigenvalue weighted by atomic mass is 10.1. The normalized spacial score (nSPS) is 11.6. The number of rotatable bonds is 4. The average molecular weight is 222 g/mol. The number of hydrogen-bond donors (Lipinski definition) is 2. The number of benzene rings is 1. The molecule has 0 aromatic heterocycles. The summed E-state index contributed by atoms with van der Waals surface area (Å²) in [6.07, 6.45) is -0.435. The van der Waals surface area contributed by atoms with E-state index in [9.17, 15) is 9.59 Å². The Morgan fingerprint density at radius 1 is 1.31 bits per heavy atom. The Morgan fingerprint density at radius 3 is 2.38 bits per heavy atom. The molecular weight excluding hydrogens is 212 g/mol. The van der Waals surface area contributed by atoms with Crippen LogP contribution in [0.5, 0.6) is 0 Å². The predicted molar refractivity (Wildman–Crippen MR) is 55.0 cm³/mol. The van der Waals surface area contributed by atoms with Crippen LogP contribution in [0.1, 0.15) is 20.7 Å². The van der Waals surface area contributed by atoms with Gasteiger partial charge < -0.3 is 14.9 Å². The second kappa shape index (κ2) is 5.09. The summed E-state index contributed by atoms with van der Waals surface area (Å²) in [6.45, 7) is 3.22. The fourth-order valence-corrected chi connectivity index (χ4v) is 1.07. The third-order valence-corrected chi connectivity index (χ3v) is 1.81. The minimum absolute atomic E-state index is 0.115. The zero-order chi connectivity index (χ0) is 12.1. The maximum absolute atomic E-state index is 11.4. The Balaban J connectivity index is 2.99. The molecule has 2 N–H and O–H groups in total. The summed E-state index contributed by atoms with van der Waals surface area (Å²) in [5.74, 6) is -2.15. The molecule has 16 heavy (non-hydrogen) atoms. The van der Waals surface area contributed by atoms with Crippen molar-refractivity contribution < 1.29 is 24.5 Å².